The van der Waals surface area contributed by atoms with Gasteiger partial charge in [0.2, 0.25) is 11.8 Å². The Morgan fingerprint density at radius 1 is 1.00 bits per heavy atom. The minimum Gasteiger partial charge on any atom is -0.356 e. The maximum atomic E-state index is 11.9. The van der Waals surface area contributed by atoms with Crippen LogP contribution in [0.1, 0.15) is 79.6 Å². The van der Waals surface area contributed by atoms with Gasteiger partial charge in [0.15, 0.2) is 0 Å². The van der Waals surface area contributed by atoms with Gasteiger partial charge in [0, 0.05) is 25.4 Å². The van der Waals surface area contributed by atoms with Crippen molar-refractivity contribution in [2.75, 3.05) is 6.54 Å². The van der Waals surface area contributed by atoms with Crippen LogP contribution < -0.4 is 10.6 Å². The Balaban J connectivity index is 2.65. The molecular formula is C18H34N2O2. The second kappa shape index (κ2) is 7.98. The third kappa shape index (κ3) is 6.37. The Bertz CT molecular complexity index is 393. The van der Waals surface area contributed by atoms with Crippen molar-refractivity contribution in [1.82, 2.24) is 10.6 Å². The van der Waals surface area contributed by atoms with Gasteiger partial charge in [-0.2, -0.15) is 0 Å². The number of nitrogens with one attached hydrogen (secondary N) is 2. The van der Waals surface area contributed by atoms with Crippen molar-refractivity contribution in [3.63, 3.8) is 0 Å². The van der Waals surface area contributed by atoms with Gasteiger partial charge < -0.3 is 10.6 Å². The highest BCUT2D eigenvalue weighted by atomic mass is 16.2. The smallest absolute Gasteiger partial charge is 0.220 e. The summed E-state index contributed by atoms with van der Waals surface area (Å²) in [4.78, 5) is 23.7. The van der Waals surface area contributed by atoms with E-state index < -0.39 is 0 Å². The second-order valence-electron chi connectivity index (χ2n) is 8.10. The van der Waals surface area contributed by atoms with E-state index in [4.69, 9.17) is 0 Å². The predicted molar refractivity (Wildman–Crippen MR) is 90.5 cm³/mol. The van der Waals surface area contributed by atoms with Gasteiger partial charge in [-0.3, -0.25) is 9.59 Å². The van der Waals surface area contributed by atoms with Gasteiger partial charge in [0.25, 0.3) is 0 Å². The molecule has 22 heavy (non-hydrogen) atoms. The first-order chi connectivity index (χ1) is 10.2. The lowest BCUT2D eigenvalue weighted by molar-refractivity contribution is -0.124. The molecular weight excluding hydrogens is 276 g/mol. The summed E-state index contributed by atoms with van der Waals surface area (Å²) in [5.74, 6) is 0.293. The standard InChI is InChI=1S/C18H34N2O2/c1-6-8-15(21)19-13-18(5)11-14(10-17(3,4)12-18)20-16(22)9-7-2/h14H,6-13H2,1-5H3,(H,19,21)(H,20,22). The van der Waals surface area contributed by atoms with Gasteiger partial charge in [-0.05, 0) is 42.9 Å². The molecule has 0 saturated heterocycles. The normalized spacial score (nSPS) is 27.2. The first kappa shape index (κ1) is 19.0. The number of carbonyl (C=O) groups excluding carboxylic acids is 2. The van der Waals surface area contributed by atoms with Crippen molar-refractivity contribution < 1.29 is 9.59 Å². The summed E-state index contributed by atoms with van der Waals surface area (Å²) in [6.07, 6.45) is 5.98. The maximum Gasteiger partial charge on any atom is 0.220 e. The SMILES string of the molecule is CCCC(=O)NCC1(C)CC(NC(=O)CCC)CC(C)(C)C1. The summed E-state index contributed by atoms with van der Waals surface area (Å²) in [6, 6.07) is 0.218. The topological polar surface area (TPSA) is 58.2 Å². The van der Waals surface area contributed by atoms with Gasteiger partial charge >= 0.3 is 0 Å². The van der Waals surface area contributed by atoms with Gasteiger partial charge in [-0.15, -0.1) is 0 Å². The van der Waals surface area contributed by atoms with Gasteiger partial charge in [-0.1, -0.05) is 34.6 Å². The van der Waals surface area contributed by atoms with Crippen LogP contribution in [0, 0.1) is 10.8 Å². The molecule has 1 saturated carbocycles. The third-order valence-electron chi connectivity index (χ3n) is 4.48. The van der Waals surface area contributed by atoms with Crippen molar-refractivity contribution in [2.45, 2.75) is 85.6 Å². The van der Waals surface area contributed by atoms with Crippen LogP contribution in [-0.2, 0) is 9.59 Å². The molecule has 2 amide bonds. The highest BCUT2D eigenvalue weighted by Gasteiger charge is 2.41. The van der Waals surface area contributed by atoms with Crippen molar-refractivity contribution in [1.29, 1.82) is 0 Å². The second-order valence-corrected chi connectivity index (χ2v) is 8.10. The van der Waals surface area contributed by atoms with Crippen molar-refractivity contribution in [3.05, 3.63) is 0 Å². The van der Waals surface area contributed by atoms with E-state index in [9.17, 15) is 9.59 Å². The van der Waals surface area contributed by atoms with Crippen LogP contribution in [0.25, 0.3) is 0 Å². The van der Waals surface area contributed by atoms with Crippen LogP contribution in [0.15, 0.2) is 0 Å². The van der Waals surface area contributed by atoms with Crippen LogP contribution in [0.4, 0.5) is 0 Å². The van der Waals surface area contributed by atoms with E-state index in [1.54, 1.807) is 0 Å². The molecule has 0 radical (unpaired) electrons. The van der Waals surface area contributed by atoms with Crippen LogP contribution in [-0.4, -0.2) is 24.4 Å². The number of amides is 2. The van der Waals surface area contributed by atoms with Crippen LogP contribution in [0.3, 0.4) is 0 Å². The minimum absolute atomic E-state index is 0.0509. The first-order valence-electron chi connectivity index (χ1n) is 8.76. The van der Waals surface area contributed by atoms with Gasteiger partial charge in [0.05, 0.1) is 0 Å². The number of rotatable bonds is 7. The maximum absolute atomic E-state index is 11.9. The molecule has 1 aliphatic carbocycles. The van der Waals surface area contributed by atoms with E-state index in [0.29, 0.717) is 19.4 Å². The molecule has 2 N–H and O–H groups in total. The number of hydrogen-bond donors (Lipinski definition) is 2. The zero-order valence-electron chi connectivity index (χ0n) is 15.1. The Hall–Kier alpha value is -1.06. The zero-order valence-corrected chi connectivity index (χ0v) is 15.1. The zero-order chi connectivity index (χ0) is 16.8. The molecule has 0 bridgehead atoms. The lowest BCUT2D eigenvalue weighted by Gasteiger charge is -2.47. The number of hydrogen-bond acceptors (Lipinski definition) is 2. The molecule has 0 aliphatic heterocycles. The summed E-state index contributed by atoms with van der Waals surface area (Å²) < 4.78 is 0. The molecule has 0 spiro atoms. The van der Waals surface area contributed by atoms with Crippen LogP contribution in [0.2, 0.25) is 0 Å². The molecule has 2 atom stereocenters. The average molecular weight is 310 g/mol. The molecule has 128 valence electrons. The van der Waals surface area contributed by atoms with E-state index in [2.05, 4.69) is 31.4 Å². The fourth-order valence-electron chi connectivity index (χ4n) is 4.02. The Labute approximate surface area is 135 Å². The van der Waals surface area contributed by atoms with Crippen LogP contribution in [0.5, 0.6) is 0 Å². The van der Waals surface area contributed by atoms with E-state index >= 15 is 0 Å². The van der Waals surface area contributed by atoms with Crippen molar-refractivity contribution >= 4 is 11.8 Å². The van der Waals surface area contributed by atoms with Gasteiger partial charge in [-0.25, -0.2) is 0 Å². The summed E-state index contributed by atoms with van der Waals surface area (Å²) in [7, 11) is 0. The molecule has 4 nitrogen and oxygen atoms in total. The largest absolute Gasteiger partial charge is 0.356 e. The first-order valence-corrected chi connectivity index (χ1v) is 8.76. The predicted octanol–water partition coefficient (Wildman–Crippen LogP) is 3.40. The van der Waals surface area contributed by atoms with Crippen molar-refractivity contribution in [3.8, 4) is 0 Å². The van der Waals surface area contributed by atoms with E-state index in [0.717, 1.165) is 32.1 Å². The van der Waals surface area contributed by atoms with Gasteiger partial charge in [0.1, 0.15) is 0 Å². The summed E-state index contributed by atoms with van der Waals surface area (Å²) in [6.45, 7) is 11.5. The minimum atomic E-state index is 0.0509. The molecule has 0 aromatic carbocycles. The number of carbonyl (C=O) groups is 2. The molecule has 1 fully saturated rings. The molecule has 1 aliphatic rings. The molecule has 0 aromatic rings. The Morgan fingerprint density at radius 2 is 1.59 bits per heavy atom. The Kier molecular flexibility index (Phi) is 6.89. The molecule has 2 unspecified atom stereocenters. The quantitative estimate of drug-likeness (QED) is 0.757. The van der Waals surface area contributed by atoms with E-state index in [1.807, 2.05) is 13.8 Å². The summed E-state index contributed by atoms with van der Waals surface area (Å²) in [5, 5.41) is 6.27. The lowest BCUT2D eigenvalue weighted by atomic mass is 9.62. The fraction of sp³-hybridized carbons (Fsp3) is 0.889. The highest BCUT2D eigenvalue weighted by Crippen LogP contribution is 2.45. The molecule has 0 heterocycles. The highest BCUT2D eigenvalue weighted by molar-refractivity contribution is 5.76. The Morgan fingerprint density at radius 3 is 2.18 bits per heavy atom. The summed E-state index contributed by atoms with van der Waals surface area (Å²) in [5.41, 5.74) is 0.238. The van der Waals surface area contributed by atoms with E-state index in [-0.39, 0.29) is 28.7 Å². The molecule has 1 rings (SSSR count). The average Bonchev–Trinajstić information content (AvgIpc) is 2.34. The molecule has 0 aromatic heterocycles. The third-order valence-corrected chi connectivity index (χ3v) is 4.48. The summed E-state index contributed by atoms with van der Waals surface area (Å²) >= 11 is 0. The lowest BCUT2D eigenvalue weighted by Crippen LogP contribution is -2.50. The van der Waals surface area contributed by atoms with Crippen LogP contribution >= 0.6 is 0 Å². The fourth-order valence-corrected chi connectivity index (χ4v) is 4.02. The van der Waals surface area contributed by atoms with E-state index in [1.165, 1.54) is 0 Å². The molecule has 4 heteroatoms. The van der Waals surface area contributed by atoms with Crippen molar-refractivity contribution in [2.24, 2.45) is 10.8 Å². The monoisotopic (exact) mass is 310 g/mol.